The van der Waals surface area contributed by atoms with Crippen LogP contribution in [-0.4, -0.2) is 66.9 Å². The summed E-state index contributed by atoms with van der Waals surface area (Å²) in [7, 11) is 1.74. The second kappa shape index (κ2) is 11.4. The zero-order valence-corrected chi connectivity index (χ0v) is 26.1. The van der Waals surface area contributed by atoms with Crippen LogP contribution in [0.3, 0.4) is 0 Å². The molecule has 2 fully saturated rings. The maximum absolute atomic E-state index is 13.4. The number of aryl methyl sites for hydroxylation is 2. The molecule has 6 rings (SSSR count). The van der Waals surface area contributed by atoms with Gasteiger partial charge in [-0.3, -0.25) is 14.5 Å². The number of alkyl halides is 3. The number of benzene rings is 1. The molecule has 0 unspecified atom stereocenters. The van der Waals surface area contributed by atoms with Gasteiger partial charge < -0.3 is 14.2 Å². The number of rotatable bonds is 6. The monoisotopic (exact) mass is 611 g/mol. The first-order valence-corrected chi connectivity index (χ1v) is 15.4. The summed E-state index contributed by atoms with van der Waals surface area (Å²) in [5, 5.41) is 0.672. The van der Waals surface area contributed by atoms with Gasteiger partial charge in [-0.1, -0.05) is 26.0 Å². The summed E-state index contributed by atoms with van der Waals surface area (Å²) in [5.74, 6) is 1.55. The minimum atomic E-state index is -4.43. The second-order valence-corrected chi connectivity index (χ2v) is 12.7. The van der Waals surface area contributed by atoms with Crippen molar-refractivity contribution in [2.75, 3.05) is 24.6 Å². The largest absolute Gasteiger partial charge is 0.416 e. The minimum absolute atomic E-state index is 0.0174. The molecule has 5 heterocycles. The number of pyridine rings is 1. The number of anilines is 1. The molecule has 3 aromatic heterocycles. The molecule has 44 heavy (non-hydrogen) atoms. The summed E-state index contributed by atoms with van der Waals surface area (Å²) < 4.78 is 49.9. The van der Waals surface area contributed by atoms with Crippen LogP contribution in [0, 0.1) is 12.8 Å². The van der Waals surface area contributed by atoms with E-state index in [-0.39, 0.29) is 35.8 Å². The third kappa shape index (κ3) is 5.47. The van der Waals surface area contributed by atoms with E-state index in [9.17, 15) is 18.0 Å². The first-order valence-electron chi connectivity index (χ1n) is 15.4. The first kappa shape index (κ1) is 30.5. The molecule has 0 saturated carbocycles. The summed E-state index contributed by atoms with van der Waals surface area (Å²) in [6.45, 7) is 13.1. The van der Waals surface area contributed by atoms with Crippen molar-refractivity contribution < 1.29 is 17.9 Å². The highest BCUT2D eigenvalue weighted by Crippen LogP contribution is 2.37. The molecule has 4 aromatic rings. The van der Waals surface area contributed by atoms with E-state index in [1.165, 1.54) is 6.07 Å². The molecule has 2 saturated heterocycles. The van der Waals surface area contributed by atoms with E-state index < -0.39 is 11.7 Å². The number of fused-ring (bicyclic) bond motifs is 2. The summed E-state index contributed by atoms with van der Waals surface area (Å²) in [6.07, 6.45) is -2.33. The van der Waals surface area contributed by atoms with Crippen molar-refractivity contribution in [3.63, 3.8) is 0 Å². The predicted molar refractivity (Wildman–Crippen MR) is 164 cm³/mol. The van der Waals surface area contributed by atoms with Gasteiger partial charge in [0.25, 0.3) is 0 Å². The van der Waals surface area contributed by atoms with E-state index in [0.29, 0.717) is 41.9 Å². The van der Waals surface area contributed by atoms with Crippen LogP contribution in [0.4, 0.5) is 19.0 Å². The second-order valence-electron chi connectivity index (χ2n) is 12.7. The fraction of sp³-hybridized carbons (Fsp3) is 0.562. The van der Waals surface area contributed by atoms with Crippen LogP contribution in [-0.2, 0) is 24.5 Å². The number of hydrogen-bond acceptors (Lipinski definition) is 7. The van der Waals surface area contributed by atoms with E-state index >= 15 is 0 Å². The highest BCUT2D eigenvalue weighted by molar-refractivity contribution is 5.85. The number of halogens is 3. The molecule has 236 valence electrons. The molecular weight excluding hydrogens is 571 g/mol. The lowest BCUT2D eigenvalue weighted by atomic mass is 9.94. The zero-order valence-electron chi connectivity index (χ0n) is 26.1. The van der Waals surface area contributed by atoms with Crippen molar-refractivity contribution >= 4 is 27.9 Å². The Balaban J connectivity index is 1.33. The molecule has 2 aliphatic rings. The SMILES string of the molecule is Cc1nc2c(N3C[C@@H](C)N([C@@H](c4ccc5ccc(C(F)(F)F)cc5n4)C(C)C)C[C@@H]3C)nc(=O)n(C)c2n1C[C@@H]1CCCO1. The van der Waals surface area contributed by atoms with Gasteiger partial charge in [0.2, 0.25) is 0 Å². The van der Waals surface area contributed by atoms with Crippen LogP contribution >= 0.6 is 0 Å². The van der Waals surface area contributed by atoms with Crippen LogP contribution in [0.2, 0.25) is 0 Å². The van der Waals surface area contributed by atoms with Gasteiger partial charge in [0.05, 0.1) is 35.5 Å². The van der Waals surface area contributed by atoms with Crippen molar-refractivity contribution in [2.24, 2.45) is 13.0 Å². The van der Waals surface area contributed by atoms with Crippen molar-refractivity contribution in [2.45, 2.75) is 84.4 Å². The molecule has 0 aliphatic carbocycles. The molecular formula is C32H40F3N7O2. The van der Waals surface area contributed by atoms with Crippen molar-refractivity contribution in [3.8, 4) is 0 Å². The Hall–Kier alpha value is -3.51. The summed E-state index contributed by atoms with van der Waals surface area (Å²) >= 11 is 0. The standard InChI is InChI=1S/C32H40F3N7O2/c1-18(2)28(25-12-10-22-9-11-23(32(33,34)35)14-26(22)37-25)40-15-20(4)41(16-19(40)3)29-27-30(39(6)31(43)38-29)42(21(5)36-27)17-24-8-7-13-44-24/h9-12,14,18-20,24,28H,7-8,13,15-17H2,1-6H3/t19-,20+,24+,28-/m1/s1. The van der Waals surface area contributed by atoms with Gasteiger partial charge in [0.1, 0.15) is 17.0 Å². The van der Waals surface area contributed by atoms with Crippen LogP contribution in [0.5, 0.6) is 0 Å². The molecule has 0 spiro atoms. The average Bonchev–Trinajstić information content (AvgIpc) is 3.60. The smallest absolute Gasteiger partial charge is 0.376 e. The average molecular weight is 612 g/mol. The Morgan fingerprint density at radius 1 is 1.05 bits per heavy atom. The highest BCUT2D eigenvalue weighted by atomic mass is 19.4. The zero-order chi connectivity index (χ0) is 31.5. The van der Waals surface area contributed by atoms with E-state index in [1.54, 1.807) is 11.6 Å². The number of ether oxygens (including phenoxy) is 1. The van der Waals surface area contributed by atoms with Gasteiger partial charge in [-0.25, -0.2) is 9.78 Å². The molecule has 1 aromatic carbocycles. The Morgan fingerprint density at radius 3 is 2.48 bits per heavy atom. The summed E-state index contributed by atoms with van der Waals surface area (Å²) in [5.41, 5.74) is 1.50. The van der Waals surface area contributed by atoms with Crippen molar-refractivity contribution in [1.82, 2.24) is 29.0 Å². The lowest BCUT2D eigenvalue weighted by Crippen LogP contribution is -2.58. The quantitative estimate of drug-likeness (QED) is 0.286. The van der Waals surface area contributed by atoms with Crippen LogP contribution in [0.25, 0.3) is 22.1 Å². The third-order valence-electron chi connectivity index (χ3n) is 9.20. The first-order chi connectivity index (χ1) is 20.8. The summed E-state index contributed by atoms with van der Waals surface area (Å²) in [4.78, 5) is 31.9. The van der Waals surface area contributed by atoms with E-state index in [0.717, 1.165) is 48.7 Å². The topological polar surface area (TPSA) is 81.3 Å². The number of nitrogens with zero attached hydrogens (tertiary/aromatic N) is 7. The fourth-order valence-corrected chi connectivity index (χ4v) is 6.97. The number of piperazine rings is 1. The molecule has 12 heteroatoms. The van der Waals surface area contributed by atoms with Crippen LogP contribution in [0.1, 0.15) is 63.7 Å². The maximum Gasteiger partial charge on any atom is 0.416 e. The fourth-order valence-electron chi connectivity index (χ4n) is 6.97. The Kier molecular flexibility index (Phi) is 7.94. The number of aromatic nitrogens is 5. The predicted octanol–water partition coefficient (Wildman–Crippen LogP) is 5.48. The highest BCUT2D eigenvalue weighted by Gasteiger charge is 2.38. The van der Waals surface area contributed by atoms with Gasteiger partial charge in [-0.05, 0) is 57.7 Å². The van der Waals surface area contributed by atoms with Crippen LogP contribution < -0.4 is 10.6 Å². The molecule has 2 aliphatic heterocycles. The molecule has 0 amide bonds. The maximum atomic E-state index is 13.4. The number of imidazole rings is 1. The molecule has 9 nitrogen and oxygen atoms in total. The van der Waals surface area contributed by atoms with Crippen molar-refractivity contribution in [1.29, 1.82) is 0 Å². The summed E-state index contributed by atoms with van der Waals surface area (Å²) in [6, 6.07) is 7.40. The molecule has 0 radical (unpaired) electrons. The van der Waals surface area contributed by atoms with E-state index in [2.05, 4.69) is 47.0 Å². The van der Waals surface area contributed by atoms with E-state index in [4.69, 9.17) is 14.7 Å². The normalized spacial score (nSPS) is 22.5. The lowest BCUT2D eigenvalue weighted by Gasteiger charge is -2.48. The Bertz CT molecular complexity index is 1740. The Morgan fingerprint density at radius 2 is 1.80 bits per heavy atom. The van der Waals surface area contributed by atoms with Crippen molar-refractivity contribution in [3.05, 3.63) is 57.9 Å². The van der Waals surface area contributed by atoms with E-state index in [1.807, 2.05) is 19.1 Å². The Labute approximate surface area is 254 Å². The lowest BCUT2D eigenvalue weighted by molar-refractivity contribution is -0.137. The van der Waals surface area contributed by atoms with Gasteiger partial charge >= 0.3 is 11.9 Å². The molecule has 4 atom stereocenters. The van der Waals surface area contributed by atoms with Gasteiger partial charge in [-0.2, -0.15) is 18.2 Å². The molecule has 0 N–H and O–H groups in total. The van der Waals surface area contributed by atoms with Crippen LogP contribution in [0.15, 0.2) is 35.1 Å². The minimum Gasteiger partial charge on any atom is -0.376 e. The van der Waals surface area contributed by atoms with Gasteiger partial charge in [0.15, 0.2) is 5.82 Å². The third-order valence-corrected chi connectivity index (χ3v) is 9.20. The van der Waals surface area contributed by atoms with Gasteiger partial charge in [-0.15, -0.1) is 0 Å². The van der Waals surface area contributed by atoms with Gasteiger partial charge in [0, 0.05) is 44.2 Å². The molecule has 0 bridgehead atoms. The number of hydrogen-bond donors (Lipinski definition) is 0.